The van der Waals surface area contributed by atoms with Gasteiger partial charge in [-0.25, -0.2) is 0 Å². The first-order valence-corrected chi connectivity index (χ1v) is 8.75. The molecule has 0 aliphatic rings. The van der Waals surface area contributed by atoms with E-state index in [-0.39, 0.29) is 5.91 Å². The lowest BCUT2D eigenvalue weighted by atomic mass is 10.1. The van der Waals surface area contributed by atoms with Gasteiger partial charge in [-0.3, -0.25) is 4.79 Å². The van der Waals surface area contributed by atoms with Gasteiger partial charge in [0.25, 0.3) is 0 Å². The summed E-state index contributed by atoms with van der Waals surface area (Å²) in [5.74, 6) is 0.0993. The summed E-state index contributed by atoms with van der Waals surface area (Å²) in [7, 11) is 0. The highest BCUT2D eigenvalue weighted by atomic mass is 35.5. The van der Waals surface area contributed by atoms with Crippen molar-refractivity contribution < 1.29 is 4.79 Å². The molecule has 0 fully saturated rings. The van der Waals surface area contributed by atoms with Gasteiger partial charge in [-0.1, -0.05) is 43.1 Å². The largest absolute Gasteiger partial charge is 0.356 e. The molecule has 1 aromatic carbocycles. The molecular formula is C17H26Cl2N2O. The zero-order valence-electron chi connectivity index (χ0n) is 13.5. The average molecular weight is 345 g/mol. The summed E-state index contributed by atoms with van der Waals surface area (Å²) >= 11 is 12.0. The molecule has 1 amide bonds. The normalized spacial score (nSPS) is 11.0. The lowest BCUT2D eigenvalue weighted by molar-refractivity contribution is -0.121. The van der Waals surface area contributed by atoms with Crippen LogP contribution < -0.4 is 5.32 Å². The van der Waals surface area contributed by atoms with Crippen molar-refractivity contribution >= 4 is 29.1 Å². The Morgan fingerprint density at radius 3 is 2.41 bits per heavy atom. The minimum Gasteiger partial charge on any atom is -0.356 e. The van der Waals surface area contributed by atoms with Crippen molar-refractivity contribution in [3.8, 4) is 0 Å². The minimum atomic E-state index is 0.0993. The fraction of sp³-hybridized carbons (Fsp3) is 0.588. The van der Waals surface area contributed by atoms with E-state index in [1.807, 2.05) is 12.1 Å². The summed E-state index contributed by atoms with van der Waals surface area (Å²) < 4.78 is 0. The summed E-state index contributed by atoms with van der Waals surface area (Å²) in [5.41, 5.74) is 1.00. The third kappa shape index (κ3) is 7.48. The molecule has 0 aliphatic heterocycles. The monoisotopic (exact) mass is 344 g/mol. The van der Waals surface area contributed by atoms with Crippen molar-refractivity contribution in [2.24, 2.45) is 0 Å². The van der Waals surface area contributed by atoms with Gasteiger partial charge in [0.2, 0.25) is 5.91 Å². The molecule has 124 valence electrons. The van der Waals surface area contributed by atoms with Gasteiger partial charge in [0.1, 0.15) is 0 Å². The number of nitrogens with one attached hydrogen (secondary N) is 1. The van der Waals surface area contributed by atoms with Gasteiger partial charge in [0.15, 0.2) is 0 Å². The second-order valence-corrected chi connectivity index (χ2v) is 6.27. The molecule has 0 radical (unpaired) electrons. The summed E-state index contributed by atoms with van der Waals surface area (Å²) in [4.78, 5) is 14.2. The maximum absolute atomic E-state index is 11.9. The Kier molecular flexibility index (Phi) is 9.53. The van der Waals surface area contributed by atoms with Crippen molar-refractivity contribution in [2.75, 3.05) is 26.2 Å². The van der Waals surface area contributed by atoms with Gasteiger partial charge >= 0.3 is 0 Å². The van der Waals surface area contributed by atoms with Crippen LogP contribution in [0.5, 0.6) is 0 Å². The predicted octanol–water partition coefficient (Wildman–Crippen LogP) is 4.16. The Bertz CT molecular complexity index is 460. The fourth-order valence-electron chi connectivity index (χ4n) is 2.38. The molecule has 0 atom stereocenters. The van der Waals surface area contributed by atoms with Crippen LogP contribution in [-0.2, 0) is 11.2 Å². The Balaban J connectivity index is 2.28. The smallest absolute Gasteiger partial charge is 0.221 e. The van der Waals surface area contributed by atoms with Crippen molar-refractivity contribution in [2.45, 2.75) is 39.5 Å². The number of carbonyl (C=O) groups excluding carboxylic acids is 1. The number of benzene rings is 1. The number of halogens is 2. The molecule has 0 saturated carbocycles. The van der Waals surface area contributed by atoms with Crippen molar-refractivity contribution in [3.63, 3.8) is 0 Å². The van der Waals surface area contributed by atoms with Crippen LogP contribution in [0, 0.1) is 0 Å². The van der Waals surface area contributed by atoms with E-state index in [2.05, 4.69) is 24.1 Å². The van der Waals surface area contributed by atoms with Crippen LogP contribution in [0.25, 0.3) is 0 Å². The zero-order chi connectivity index (χ0) is 16.4. The second-order valence-electron chi connectivity index (χ2n) is 5.43. The number of hydrogen-bond acceptors (Lipinski definition) is 2. The molecule has 22 heavy (non-hydrogen) atoms. The SMILES string of the molecule is CCCN(CCC)CCC(=O)NCCc1ccc(Cl)cc1Cl. The maximum atomic E-state index is 11.9. The lowest BCUT2D eigenvalue weighted by Gasteiger charge is -2.20. The van der Waals surface area contributed by atoms with Crippen LogP contribution in [-0.4, -0.2) is 37.0 Å². The van der Waals surface area contributed by atoms with Crippen molar-refractivity contribution in [3.05, 3.63) is 33.8 Å². The van der Waals surface area contributed by atoms with E-state index in [1.165, 1.54) is 0 Å². The second kappa shape index (κ2) is 10.9. The summed E-state index contributed by atoms with van der Waals surface area (Å²) in [6, 6.07) is 5.45. The number of amides is 1. The molecule has 1 N–H and O–H groups in total. The first-order valence-electron chi connectivity index (χ1n) is 7.99. The molecule has 5 heteroatoms. The quantitative estimate of drug-likeness (QED) is 0.690. The molecule has 0 aliphatic carbocycles. The summed E-state index contributed by atoms with van der Waals surface area (Å²) in [6.07, 6.45) is 3.51. The summed E-state index contributed by atoms with van der Waals surface area (Å²) in [5, 5.41) is 4.24. The van der Waals surface area contributed by atoms with E-state index >= 15 is 0 Å². The molecule has 0 bridgehead atoms. The van der Waals surface area contributed by atoms with Crippen LogP contribution in [0.15, 0.2) is 18.2 Å². The molecule has 0 spiro atoms. The molecule has 0 saturated heterocycles. The maximum Gasteiger partial charge on any atom is 0.221 e. The van der Waals surface area contributed by atoms with E-state index in [0.29, 0.717) is 23.0 Å². The Hall–Kier alpha value is -0.770. The molecule has 1 rings (SSSR count). The number of rotatable bonds is 10. The van der Waals surface area contributed by atoms with Crippen LogP contribution in [0.1, 0.15) is 38.7 Å². The molecular weight excluding hydrogens is 319 g/mol. The highest BCUT2D eigenvalue weighted by molar-refractivity contribution is 6.35. The lowest BCUT2D eigenvalue weighted by Crippen LogP contribution is -2.32. The van der Waals surface area contributed by atoms with Crippen LogP contribution in [0.4, 0.5) is 0 Å². The molecule has 0 heterocycles. The highest BCUT2D eigenvalue weighted by Gasteiger charge is 2.07. The van der Waals surface area contributed by atoms with E-state index in [1.54, 1.807) is 6.07 Å². The van der Waals surface area contributed by atoms with Gasteiger partial charge in [0, 0.05) is 29.6 Å². The number of nitrogens with zero attached hydrogens (tertiary/aromatic N) is 1. The number of hydrogen-bond donors (Lipinski definition) is 1. The van der Waals surface area contributed by atoms with Gasteiger partial charge in [-0.2, -0.15) is 0 Å². The van der Waals surface area contributed by atoms with Crippen molar-refractivity contribution in [1.82, 2.24) is 10.2 Å². The third-order valence-electron chi connectivity index (χ3n) is 3.47. The van der Waals surface area contributed by atoms with Gasteiger partial charge < -0.3 is 10.2 Å². The molecule has 0 aromatic heterocycles. The summed E-state index contributed by atoms with van der Waals surface area (Å²) in [6.45, 7) is 7.87. The van der Waals surface area contributed by atoms with E-state index in [9.17, 15) is 4.79 Å². The van der Waals surface area contributed by atoms with E-state index in [4.69, 9.17) is 23.2 Å². The van der Waals surface area contributed by atoms with E-state index < -0.39 is 0 Å². The van der Waals surface area contributed by atoms with Gasteiger partial charge in [0.05, 0.1) is 0 Å². The predicted molar refractivity (Wildman–Crippen MR) is 94.8 cm³/mol. The fourth-order valence-corrected chi connectivity index (χ4v) is 2.88. The van der Waals surface area contributed by atoms with Crippen LogP contribution in [0.3, 0.4) is 0 Å². The highest BCUT2D eigenvalue weighted by Crippen LogP contribution is 2.20. The first-order chi connectivity index (χ1) is 10.6. The third-order valence-corrected chi connectivity index (χ3v) is 4.05. The topological polar surface area (TPSA) is 32.3 Å². The van der Waals surface area contributed by atoms with E-state index in [0.717, 1.165) is 44.5 Å². The number of carbonyl (C=O) groups is 1. The Morgan fingerprint density at radius 2 is 1.82 bits per heavy atom. The average Bonchev–Trinajstić information content (AvgIpc) is 2.47. The van der Waals surface area contributed by atoms with Gasteiger partial charge in [-0.05, 0) is 50.0 Å². The Labute approximate surface area is 144 Å². The zero-order valence-corrected chi connectivity index (χ0v) is 15.0. The molecule has 1 aromatic rings. The van der Waals surface area contributed by atoms with Crippen LogP contribution in [0.2, 0.25) is 10.0 Å². The minimum absolute atomic E-state index is 0.0993. The van der Waals surface area contributed by atoms with Crippen molar-refractivity contribution in [1.29, 1.82) is 0 Å². The first kappa shape index (κ1) is 19.3. The standard InChI is InChI=1S/C17H26Cl2N2O/c1-3-10-21(11-4-2)12-8-17(22)20-9-7-14-5-6-15(18)13-16(14)19/h5-6,13H,3-4,7-12H2,1-2H3,(H,20,22). The Morgan fingerprint density at radius 1 is 1.14 bits per heavy atom. The molecule has 0 unspecified atom stereocenters. The van der Waals surface area contributed by atoms with Gasteiger partial charge in [-0.15, -0.1) is 0 Å². The molecule has 3 nitrogen and oxygen atoms in total. The van der Waals surface area contributed by atoms with Crippen LogP contribution >= 0.6 is 23.2 Å².